The molecule has 0 unspecified atom stereocenters. The standard InChI is InChI=1S/C24H37N5O2.HI/c1-25-24(27-12-6-16-31-20-22-10-17-30-18-11-22)28-19-23-26-13-15-29(23)14-5-9-21-7-3-2-4-8-21;/h2-4,7-8,13,15,22H,5-6,9-12,14,16-20H2,1H3,(H2,25,27,28);1H. The number of benzene rings is 1. The molecule has 3 rings (SSSR count). The Hall–Kier alpha value is -1.65. The number of nitrogens with one attached hydrogen (secondary N) is 2. The fourth-order valence-corrected chi connectivity index (χ4v) is 3.74. The van der Waals surface area contributed by atoms with Crippen molar-refractivity contribution in [3.8, 4) is 0 Å². The summed E-state index contributed by atoms with van der Waals surface area (Å²) in [7, 11) is 1.79. The minimum atomic E-state index is 0. The Labute approximate surface area is 209 Å². The van der Waals surface area contributed by atoms with Gasteiger partial charge in [0.25, 0.3) is 0 Å². The summed E-state index contributed by atoms with van der Waals surface area (Å²) in [6.07, 6.45) is 9.28. The highest BCUT2D eigenvalue weighted by Crippen LogP contribution is 2.14. The van der Waals surface area contributed by atoms with Crippen molar-refractivity contribution in [2.45, 2.75) is 45.2 Å². The summed E-state index contributed by atoms with van der Waals surface area (Å²) in [6, 6.07) is 10.6. The number of hydrogen-bond donors (Lipinski definition) is 2. The molecule has 0 aliphatic carbocycles. The second-order valence-electron chi connectivity index (χ2n) is 7.96. The number of imidazole rings is 1. The summed E-state index contributed by atoms with van der Waals surface area (Å²) in [4.78, 5) is 8.81. The zero-order chi connectivity index (χ0) is 21.6. The van der Waals surface area contributed by atoms with Gasteiger partial charge in [-0.05, 0) is 43.6 Å². The molecule has 0 atom stereocenters. The first-order valence-electron chi connectivity index (χ1n) is 11.5. The zero-order valence-electron chi connectivity index (χ0n) is 19.2. The molecular formula is C24H38IN5O2. The third kappa shape index (κ3) is 9.87. The first-order valence-corrected chi connectivity index (χ1v) is 11.5. The lowest BCUT2D eigenvalue weighted by Gasteiger charge is -2.21. The maximum absolute atomic E-state index is 5.82. The van der Waals surface area contributed by atoms with Crippen molar-refractivity contribution < 1.29 is 9.47 Å². The van der Waals surface area contributed by atoms with Crippen LogP contribution in [-0.4, -0.2) is 55.5 Å². The Bertz CT molecular complexity index is 763. The van der Waals surface area contributed by atoms with E-state index in [2.05, 4.69) is 55.5 Å². The molecule has 0 saturated carbocycles. The quantitative estimate of drug-likeness (QED) is 0.181. The summed E-state index contributed by atoms with van der Waals surface area (Å²) in [5.74, 6) is 2.48. The van der Waals surface area contributed by atoms with Gasteiger partial charge in [-0.1, -0.05) is 30.3 Å². The van der Waals surface area contributed by atoms with Crippen LogP contribution in [0.25, 0.3) is 0 Å². The van der Waals surface area contributed by atoms with Crippen molar-refractivity contribution in [3.05, 3.63) is 54.1 Å². The highest BCUT2D eigenvalue weighted by molar-refractivity contribution is 14.0. The van der Waals surface area contributed by atoms with Gasteiger partial charge in [-0.25, -0.2) is 4.98 Å². The van der Waals surface area contributed by atoms with Crippen LogP contribution in [0.2, 0.25) is 0 Å². The molecule has 1 aliphatic rings. The number of aliphatic imine (C=N–C) groups is 1. The van der Waals surface area contributed by atoms with E-state index in [1.807, 2.05) is 12.4 Å². The molecule has 0 amide bonds. The molecule has 2 N–H and O–H groups in total. The SMILES string of the molecule is CN=C(NCCCOCC1CCOCC1)NCc1nccn1CCCc1ccccc1.I. The number of halogens is 1. The predicted octanol–water partition coefficient (Wildman–Crippen LogP) is 3.63. The second kappa shape index (κ2) is 16.0. The van der Waals surface area contributed by atoms with Crippen LogP contribution >= 0.6 is 24.0 Å². The van der Waals surface area contributed by atoms with Crippen molar-refractivity contribution >= 4 is 29.9 Å². The lowest BCUT2D eigenvalue weighted by atomic mass is 10.0. The molecule has 1 aromatic heterocycles. The molecule has 8 heteroatoms. The van der Waals surface area contributed by atoms with Crippen molar-refractivity contribution in [1.82, 2.24) is 20.2 Å². The highest BCUT2D eigenvalue weighted by atomic mass is 127. The molecule has 7 nitrogen and oxygen atoms in total. The number of ether oxygens (including phenoxy) is 2. The second-order valence-corrected chi connectivity index (χ2v) is 7.96. The average molecular weight is 556 g/mol. The van der Waals surface area contributed by atoms with Gasteiger partial charge in [0.05, 0.1) is 6.54 Å². The highest BCUT2D eigenvalue weighted by Gasteiger charge is 2.13. The molecule has 0 radical (unpaired) electrons. The van der Waals surface area contributed by atoms with E-state index in [4.69, 9.17) is 9.47 Å². The number of rotatable bonds is 12. The minimum Gasteiger partial charge on any atom is -0.381 e. The van der Waals surface area contributed by atoms with E-state index in [1.165, 1.54) is 5.56 Å². The average Bonchev–Trinajstić information content (AvgIpc) is 3.27. The maximum atomic E-state index is 5.82. The molecule has 32 heavy (non-hydrogen) atoms. The Morgan fingerprint density at radius 2 is 2.00 bits per heavy atom. The third-order valence-corrected chi connectivity index (χ3v) is 5.60. The zero-order valence-corrected chi connectivity index (χ0v) is 21.5. The molecule has 1 saturated heterocycles. The molecule has 1 aromatic carbocycles. The van der Waals surface area contributed by atoms with Gasteiger partial charge in [0.15, 0.2) is 5.96 Å². The Kier molecular flexibility index (Phi) is 13.3. The summed E-state index contributed by atoms with van der Waals surface area (Å²) >= 11 is 0. The Morgan fingerprint density at radius 1 is 1.19 bits per heavy atom. The van der Waals surface area contributed by atoms with Gasteiger partial charge in [0.2, 0.25) is 0 Å². The molecule has 2 aromatic rings. The Morgan fingerprint density at radius 3 is 2.78 bits per heavy atom. The lowest BCUT2D eigenvalue weighted by Crippen LogP contribution is -2.38. The number of aromatic nitrogens is 2. The molecule has 1 fully saturated rings. The van der Waals surface area contributed by atoms with E-state index >= 15 is 0 Å². The van der Waals surface area contributed by atoms with Gasteiger partial charge in [-0.15, -0.1) is 24.0 Å². The van der Waals surface area contributed by atoms with Crippen LogP contribution in [0.15, 0.2) is 47.7 Å². The Balaban J connectivity index is 0.00000363. The lowest BCUT2D eigenvalue weighted by molar-refractivity contribution is 0.0203. The molecular weight excluding hydrogens is 517 g/mol. The molecule has 1 aliphatic heterocycles. The van der Waals surface area contributed by atoms with Crippen LogP contribution < -0.4 is 10.6 Å². The molecule has 0 spiro atoms. The molecule has 0 bridgehead atoms. The van der Waals surface area contributed by atoms with Crippen LogP contribution in [0.4, 0.5) is 0 Å². The van der Waals surface area contributed by atoms with E-state index in [9.17, 15) is 0 Å². The van der Waals surface area contributed by atoms with Crippen LogP contribution in [0, 0.1) is 5.92 Å². The van der Waals surface area contributed by atoms with Gasteiger partial charge >= 0.3 is 0 Å². The van der Waals surface area contributed by atoms with Crippen LogP contribution in [0.3, 0.4) is 0 Å². The van der Waals surface area contributed by atoms with Crippen molar-refractivity contribution in [2.75, 3.05) is 40.0 Å². The topological polar surface area (TPSA) is 72.7 Å². The molecule has 2 heterocycles. The van der Waals surface area contributed by atoms with Gasteiger partial charge in [0, 0.05) is 59.0 Å². The van der Waals surface area contributed by atoms with E-state index in [1.54, 1.807) is 7.05 Å². The summed E-state index contributed by atoms with van der Waals surface area (Å²) in [5, 5.41) is 6.72. The van der Waals surface area contributed by atoms with Crippen LogP contribution in [-0.2, 0) is 29.0 Å². The summed E-state index contributed by atoms with van der Waals surface area (Å²) in [6.45, 7) is 5.82. The number of nitrogens with zero attached hydrogens (tertiary/aromatic N) is 3. The number of guanidine groups is 1. The van der Waals surface area contributed by atoms with E-state index in [-0.39, 0.29) is 24.0 Å². The van der Waals surface area contributed by atoms with Gasteiger partial charge in [0.1, 0.15) is 5.82 Å². The number of hydrogen-bond acceptors (Lipinski definition) is 4. The third-order valence-electron chi connectivity index (χ3n) is 5.60. The van der Waals surface area contributed by atoms with E-state index < -0.39 is 0 Å². The summed E-state index contributed by atoms with van der Waals surface area (Å²) < 4.78 is 13.4. The van der Waals surface area contributed by atoms with Crippen molar-refractivity contribution in [3.63, 3.8) is 0 Å². The van der Waals surface area contributed by atoms with Gasteiger partial charge in [-0.2, -0.15) is 0 Å². The smallest absolute Gasteiger partial charge is 0.191 e. The van der Waals surface area contributed by atoms with E-state index in [0.717, 1.165) is 83.4 Å². The van der Waals surface area contributed by atoms with E-state index in [0.29, 0.717) is 12.5 Å². The normalized spacial score (nSPS) is 14.7. The predicted molar refractivity (Wildman–Crippen MR) is 140 cm³/mol. The largest absolute Gasteiger partial charge is 0.381 e. The van der Waals surface area contributed by atoms with Crippen LogP contribution in [0.5, 0.6) is 0 Å². The van der Waals surface area contributed by atoms with Gasteiger partial charge in [-0.3, -0.25) is 4.99 Å². The maximum Gasteiger partial charge on any atom is 0.191 e. The van der Waals surface area contributed by atoms with Crippen LogP contribution in [0.1, 0.15) is 37.1 Å². The minimum absolute atomic E-state index is 0. The monoisotopic (exact) mass is 555 g/mol. The first kappa shape index (κ1) is 26.6. The van der Waals surface area contributed by atoms with Gasteiger partial charge < -0.3 is 24.7 Å². The van der Waals surface area contributed by atoms with Crippen molar-refractivity contribution in [1.29, 1.82) is 0 Å². The fraction of sp³-hybridized carbons (Fsp3) is 0.583. The summed E-state index contributed by atoms with van der Waals surface area (Å²) in [5.41, 5.74) is 1.38. The number of aryl methyl sites for hydroxylation is 2. The fourth-order valence-electron chi connectivity index (χ4n) is 3.74. The molecule has 178 valence electrons. The first-order chi connectivity index (χ1) is 15.3. The van der Waals surface area contributed by atoms with Crippen molar-refractivity contribution in [2.24, 2.45) is 10.9 Å².